The highest BCUT2D eigenvalue weighted by atomic mass is 16.4. The van der Waals surface area contributed by atoms with Gasteiger partial charge in [0.05, 0.1) is 0 Å². The number of aromatic carboxylic acids is 1. The summed E-state index contributed by atoms with van der Waals surface area (Å²) in [6, 6.07) is 3.94. The van der Waals surface area contributed by atoms with Gasteiger partial charge in [-0.05, 0) is 37.8 Å². The lowest BCUT2D eigenvalue weighted by Crippen LogP contribution is -2.46. The molecule has 1 aliphatic heterocycles. The van der Waals surface area contributed by atoms with Crippen LogP contribution in [0.1, 0.15) is 37.0 Å². The molecule has 0 aliphatic carbocycles. The summed E-state index contributed by atoms with van der Waals surface area (Å²) in [5.74, 6) is -1.10. The molecule has 2 unspecified atom stereocenters. The predicted molar refractivity (Wildman–Crippen MR) is 78.7 cm³/mol. The second-order valence-electron chi connectivity index (χ2n) is 5.65. The van der Waals surface area contributed by atoms with Gasteiger partial charge in [0.25, 0.3) is 0 Å². The number of hydrogen-bond donors (Lipinski definition) is 3. The van der Waals surface area contributed by atoms with Crippen molar-refractivity contribution >= 4 is 17.7 Å². The quantitative estimate of drug-likeness (QED) is 0.781. The molecular weight excluding hydrogens is 272 g/mol. The fraction of sp³-hybridized carbons (Fsp3) is 0.467. The van der Waals surface area contributed by atoms with Crippen molar-refractivity contribution in [1.29, 1.82) is 0 Å². The van der Waals surface area contributed by atoms with Crippen molar-refractivity contribution in [3.63, 3.8) is 0 Å². The lowest BCUT2D eigenvalue weighted by molar-refractivity contribution is 0.0694. The number of carboxylic acid groups (broad SMARTS) is 1. The Kier molecular flexibility index (Phi) is 4.35. The van der Waals surface area contributed by atoms with Gasteiger partial charge in [-0.1, -0.05) is 6.92 Å². The summed E-state index contributed by atoms with van der Waals surface area (Å²) in [5, 5.41) is 21.2. The number of anilines is 1. The van der Waals surface area contributed by atoms with E-state index in [-0.39, 0.29) is 23.4 Å². The van der Waals surface area contributed by atoms with Crippen molar-refractivity contribution in [1.82, 2.24) is 4.90 Å². The maximum Gasteiger partial charge on any atom is 0.339 e. The maximum atomic E-state index is 12.3. The van der Waals surface area contributed by atoms with Crippen LogP contribution in [0.5, 0.6) is 5.75 Å². The van der Waals surface area contributed by atoms with Crippen LogP contribution in [0.25, 0.3) is 0 Å². The molecule has 1 aromatic carbocycles. The SMILES string of the molecule is CC1CCC(C)N(C(=O)Nc2ccc(C(=O)O)c(O)c2)C1. The Morgan fingerprint density at radius 2 is 2.00 bits per heavy atom. The molecule has 3 N–H and O–H groups in total. The second kappa shape index (κ2) is 6.03. The first-order chi connectivity index (χ1) is 9.88. The van der Waals surface area contributed by atoms with Gasteiger partial charge in [0.2, 0.25) is 0 Å². The fourth-order valence-electron chi connectivity index (χ4n) is 2.56. The highest BCUT2D eigenvalue weighted by molar-refractivity contribution is 5.94. The van der Waals surface area contributed by atoms with E-state index in [1.165, 1.54) is 18.2 Å². The smallest absolute Gasteiger partial charge is 0.339 e. The molecule has 2 amide bonds. The number of phenols is 1. The Morgan fingerprint density at radius 1 is 1.29 bits per heavy atom. The van der Waals surface area contributed by atoms with Crippen molar-refractivity contribution in [3.8, 4) is 5.75 Å². The number of amides is 2. The van der Waals surface area contributed by atoms with Crippen molar-refractivity contribution < 1.29 is 19.8 Å². The Balaban J connectivity index is 2.09. The zero-order valence-electron chi connectivity index (χ0n) is 12.2. The maximum absolute atomic E-state index is 12.3. The molecule has 0 saturated carbocycles. The number of rotatable bonds is 2. The number of carbonyl (C=O) groups is 2. The minimum absolute atomic E-state index is 0.174. The van der Waals surface area contributed by atoms with Crippen LogP contribution in [-0.2, 0) is 0 Å². The van der Waals surface area contributed by atoms with E-state index in [0.29, 0.717) is 18.2 Å². The number of nitrogens with one attached hydrogen (secondary N) is 1. The number of urea groups is 1. The Bertz CT molecular complexity index is 559. The summed E-state index contributed by atoms with van der Waals surface area (Å²) < 4.78 is 0. The van der Waals surface area contributed by atoms with E-state index in [9.17, 15) is 14.7 Å². The summed E-state index contributed by atoms with van der Waals surface area (Å²) in [6.45, 7) is 4.82. The molecule has 1 saturated heterocycles. The van der Waals surface area contributed by atoms with Gasteiger partial charge in [-0.25, -0.2) is 9.59 Å². The molecule has 1 heterocycles. The zero-order chi connectivity index (χ0) is 15.6. The van der Waals surface area contributed by atoms with Crippen LogP contribution in [0.3, 0.4) is 0 Å². The highest BCUT2D eigenvalue weighted by Crippen LogP contribution is 2.25. The number of hydrogen-bond acceptors (Lipinski definition) is 3. The lowest BCUT2D eigenvalue weighted by Gasteiger charge is -2.36. The van der Waals surface area contributed by atoms with E-state index < -0.39 is 5.97 Å². The van der Waals surface area contributed by atoms with E-state index in [1.54, 1.807) is 4.90 Å². The van der Waals surface area contributed by atoms with Crippen LogP contribution in [0.2, 0.25) is 0 Å². The summed E-state index contributed by atoms with van der Waals surface area (Å²) in [5.41, 5.74) is 0.195. The van der Waals surface area contributed by atoms with Gasteiger partial charge in [0, 0.05) is 24.3 Å². The number of nitrogens with zero attached hydrogens (tertiary/aromatic N) is 1. The monoisotopic (exact) mass is 292 g/mol. The molecule has 1 aliphatic rings. The molecule has 6 heteroatoms. The van der Waals surface area contributed by atoms with Gasteiger partial charge in [-0.15, -0.1) is 0 Å². The third-order valence-corrected chi connectivity index (χ3v) is 3.86. The van der Waals surface area contributed by atoms with Crippen molar-refractivity contribution in [2.75, 3.05) is 11.9 Å². The van der Waals surface area contributed by atoms with Gasteiger partial charge in [-0.3, -0.25) is 0 Å². The molecule has 2 rings (SSSR count). The lowest BCUT2D eigenvalue weighted by atomic mass is 9.95. The van der Waals surface area contributed by atoms with Gasteiger partial charge in [0.15, 0.2) is 0 Å². The van der Waals surface area contributed by atoms with Crippen LogP contribution in [-0.4, -0.2) is 39.7 Å². The summed E-state index contributed by atoms with van der Waals surface area (Å²) >= 11 is 0. The first-order valence-electron chi connectivity index (χ1n) is 7.02. The van der Waals surface area contributed by atoms with E-state index in [2.05, 4.69) is 12.2 Å². The van der Waals surface area contributed by atoms with E-state index in [4.69, 9.17) is 5.11 Å². The Hall–Kier alpha value is -2.24. The highest BCUT2D eigenvalue weighted by Gasteiger charge is 2.27. The third kappa shape index (κ3) is 3.45. The average Bonchev–Trinajstić information content (AvgIpc) is 2.41. The summed E-state index contributed by atoms with van der Waals surface area (Å²) in [7, 11) is 0. The van der Waals surface area contributed by atoms with Crippen molar-refractivity contribution in [2.24, 2.45) is 5.92 Å². The number of carbonyl (C=O) groups excluding carboxylic acids is 1. The summed E-state index contributed by atoms with van der Waals surface area (Å²) in [6.07, 6.45) is 2.08. The molecule has 2 atom stereocenters. The number of aromatic hydroxyl groups is 1. The first kappa shape index (κ1) is 15.2. The molecular formula is C15H20N2O4. The predicted octanol–water partition coefficient (Wildman–Crippen LogP) is 2.74. The second-order valence-corrected chi connectivity index (χ2v) is 5.65. The zero-order valence-corrected chi connectivity index (χ0v) is 12.2. The molecule has 0 aromatic heterocycles. The number of piperidine rings is 1. The van der Waals surface area contributed by atoms with Gasteiger partial charge in [-0.2, -0.15) is 0 Å². The van der Waals surface area contributed by atoms with Crippen molar-refractivity contribution in [3.05, 3.63) is 23.8 Å². The molecule has 1 aromatic rings. The fourth-order valence-corrected chi connectivity index (χ4v) is 2.56. The minimum Gasteiger partial charge on any atom is -0.507 e. The van der Waals surface area contributed by atoms with Crippen LogP contribution >= 0.6 is 0 Å². The van der Waals surface area contributed by atoms with Crippen LogP contribution in [0.4, 0.5) is 10.5 Å². The van der Waals surface area contributed by atoms with E-state index in [1.807, 2.05) is 6.92 Å². The topological polar surface area (TPSA) is 89.9 Å². The van der Waals surface area contributed by atoms with Gasteiger partial charge in [0.1, 0.15) is 11.3 Å². The van der Waals surface area contributed by atoms with Crippen LogP contribution < -0.4 is 5.32 Å². The average molecular weight is 292 g/mol. The van der Waals surface area contributed by atoms with Gasteiger partial charge < -0.3 is 20.4 Å². The standard InChI is InChI=1S/C15H20N2O4/c1-9-3-4-10(2)17(8-9)15(21)16-11-5-6-12(14(19)20)13(18)7-11/h5-7,9-10,18H,3-4,8H2,1-2H3,(H,16,21)(H,19,20). The molecule has 21 heavy (non-hydrogen) atoms. The van der Waals surface area contributed by atoms with Gasteiger partial charge >= 0.3 is 12.0 Å². The van der Waals surface area contributed by atoms with Crippen LogP contribution in [0, 0.1) is 5.92 Å². The normalized spacial score (nSPS) is 21.9. The Morgan fingerprint density at radius 3 is 2.62 bits per heavy atom. The number of benzene rings is 1. The molecule has 0 bridgehead atoms. The van der Waals surface area contributed by atoms with E-state index in [0.717, 1.165) is 12.8 Å². The minimum atomic E-state index is -1.20. The molecule has 114 valence electrons. The van der Waals surface area contributed by atoms with Crippen molar-refractivity contribution in [2.45, 2.75) is 32.7 Å². The number of carboxylic acids is 1. The first-order valence-corrected chi connectivity index (χ1v) is 7.02. The Labute approximate surface area is 123 Å². The third-order valence-electron chi connectivity index (χ3n) is 3.86. The largest absolute Gasteiger partial charge is 0.507 e. The van der Waals surface area contributed by atoms with Crippen LogP contribution in [0.15, 0.2) is 18.2 Å². The molecule has 1 fully saturated rings. The molecule has 0 spiro atoms. The molecule has 6 nitrogen and oxygen atoms in total. The summed E-state index contributed by atoms with van der Waals surface area (Å²) in [4.78, 5) is 24.9. The number of likely N-dealkylation sites (tertiary alicyclic amines) is 1. The van der Waals surface area contributed by atoms with E-state index >= 15 is 0 Å². The molecule has 0 radical (unpaired) electrons.